The molecular formula is C23H20N6O. The number of carbonyl (C=O) groups excluding carboxylic acids is 1. The topological polar surface area (TPSA) is 83.9 Å². The standard InChI is InChI=1S/C23H20N6O/c30-22(27-19-7-3-5-16-6-4-10-25-21(16)19)18-15-26-23(29-13-1-2-14-29)28-20(18)17-8-11-24-12-9-17/h3-12,15H,1-2,13-14H2,(H,27,30). The normalized spacial score (nSPS) is 13.5. The summed E-state index contributed by atoms with van der Waals surface area (Å²) in [7, 11) is 0. The second kappa shape index (κ2) is 7.87. The van der Waals surface area contributed by atoms with Gasteiger partial charge in [-0.2, -0.15) is 0 Å². The van der Waals surface area contributed by atoms with E-state index in [2.05, 4.69) is 25.2 Å². The van der Waals surface area contributed by atoms with Gasteiger partial charge in [0, 0.05) is 48.8 Å². The van der Waals surface area contributed by atoms with Crippen molar-refractivity contribution >= 4 is 28.4 Å². The molecule has 4 heterocycles. The highest BCUT2D eigenvalue weighted by Crippen LogP contribution is 2.27. The van der Waals surface area contributed by atoms with E-state index in [0.717, 1.165) is 42.4 Å². The number of fused-ring (bicyclic) bond motifs is 1. The van der Waals surface area contributed by atoms with E-state index in [0.29, 0.717) is 22.9 Å². The van der Waals surface area contributed by atoms with Crippen LogP contribution >= 0.6 is 0 Å². The number of carbonyl (C=O) groups is 1. The maximum Gasteiger partial charge on any atom is 0.259 e. The molecular weight excluding hydrogens is 376 g/mol. The molecule has 0 aliphatic carbocycles. The Kier molecular flexibility index (Phi) is 4.77. The monoisotopic (exact) mass is 396 g/mol. The lowest BCUT2D eigenvalue weighted by Gasteiger charge is -2.17. The average molecular weight is 396 g/mol. The summed E-state index contributed by atoms with van der Waals surface area (Å²) in [5.74, 6) is 0.385. The Labute approximate surface area is 173 Å². The van der Waals surface area contributed by atoms with Gasteiger partial charge in [0.25, 0.3) is 5.91 Å². The van der Waals surface area contributed by atoms with Crippen LogP contribution in [0.5, 0.6) is 0 Å². The molecule has 0 unspecified atom stereocenters. The van der Waals surface area contributed by atoms with Crippen LogP contribution in [0.3, 0.4) is 0 Å². The minimum atomic E-state index is -0.270. The third-order valence-corrected chi connectivity index (χ3v) is 5.24. The zero-order valence-electron chi connectivity index (χ0n) is 16.3. The minimum Gasteiger partial charge on any atom is -0.341 e. The Hall–Kier alpha value is -3.87. The van der Waals surface area contributed by atoms with Crippen LogP contribution in [-0.4, -0.2) is 38.9 Å². The van der Waals surface area contributed by atoms with E-state index in [9.17, 15) is 4.79 Å². The molecule has 1 aliphatic heterocycles. The quantitative estimate of drug-likeness (QED) is 0.563. The van der Waals surface area contributed by atoms with Gasteiger partial charge in [-0.1, -0.05) is 18.2 Å². The second-order valence-corrected chi connectivity index (χ2v) is 7.20. The summed E-state index contributed by atoms with van der Waals surface area (Å²) in [6, 6.07) is 13.3. The highest BCUT2D eigenvalue weighted by molar-refractivity contribution is 6.11. The first-order valence-electron chi connectivity index (χ1n) is 9.97. The Morgan fingerprint density at radius 2 is 1.73 bits per heavy atom. The molecule has 1 aliphatic rings. The molecule has 7 nitrogen and oxygen atoms in total. The van der Waals surface area contributed by atoms with Crippen LogP contribution in [0.4, 0.5) is 11.6 Å². The third kappa shape index (κ3) is 3.45. The molecule has 148 valence electrons. The van der Waals surface area contributed by atoms with Crippen LogP contribution < -0.4 is 10.2 Å². The van der Waals surface area contributed by atoms with Crippen LogP contribution in [0.15, 0.2) is 67.3 Å². The molecule has 1 amide bonds. The highest BCUT2D eigenvalue weighted by atomic mass is 16.1. The number of hydrogen-bond acceptors (Lipinski definition) is 6. The first-order valence-corrected chi connectivity index (χ1v) is 9.97. The summed E-state index contributed by atoms with van der Waals surface area (Å²) in [5, 5.41) is 3.95. The molecule has 5 rings (SSSR count). The van der Waals surface area contributed by atoms with Crippen molar-refractivity contribution in [3.05, 3.63) is 72.8 Å². The van der Waals surface area contributed by atoms with Crippen LogP contribution in [-0.2, 0) is 0 Å². The van der Waals surface area contributed by atoms with Crippen molar-refractivity contribution in [1.82, 2.24) is 19.9 Å². The van der Waals surface area contributed by atoms with Gasteiger partial charge in [-0.3, -0.25) is 14.8 Å². The SMILES string of the molecule is O=C(Nc1cccc2cccnc12)c1cnc(N2CCCC2)nc1-c1ccncc1. The second-order valence-electron chi connectivity index (χ2n) is 7.20. The fourth-order valence-corrected chi connectivity index (χ4v) is 3.73. The number of hydrogen-bond donors (Lipinski definition) is 1. The van der Waals surface area contributed by atoms with Gasteiger partial charge in [0.05, 0.1) is 22.5 Å². The minimum absolute atomic E-state index is 0.270. The van der Waals surface area contributed by atoms with Crippen LogP contribution in [0.2, 0.25) is 0 Å². The van der Waals surface area contributed by atoms with Crippen molar-refractivity contribution in [3.63, 3.8) is 0 Å². The molecule has 1 fully saturated rings. The molecule has 0 saturated carbocycles. The Bertz CT molecular complexity index is 1200. The van der Waals surface area contributed by atoms with Gasteiger partial charge in [0.15, 0.2) is 0 Å². The first-order chi connectivity index (χ1) is 14.8. The van der Waals surface area contributed by atoms with Gasteiger partial charge >= 0.3 is 0 Å². The number of amides is 1. The number of nitrogens with one attached hydrogen (secondary N) is 1. The molecule has 1 N–H and O–H groups in total. The summed E-state index contributed by atoms with van der Waals surface area (Å²) < 4.78 is 0. The van der Waals surface area contributed by atoms with E-state index < -0.39 is 0 Å². The van der Waals surface area contributed by atoms with Crippen molar-refractivity contribution < 1.29 is 4.79 Å². The number of rotatable bonds is 4. The number of para-hydroxylation sites is 1. The van der Waals surface area contributed by atoms with E-state index >= 15 is 0 Å². The summed E-state index contributed by atoms with van der Waals surface area (Å²) in [6.45, 7) is 1.87. The molecule has 0 bridgehead atoms. The van der Waals surface area contributed by atoms with Crippen molar-refractivity contribution in [1.29, 1.82) is 0 Å². The average Bonchev–Trinajstić information content (AvgIpc) is 3.35. The van der Waals surface area contributed by atoms with Crippen LogP contribution in [0.25, 0.3) is 22.2 Å². The predicted molar refractivity (Wildman–Crippen MR) is 116 cm³/mol. The van der Waals surface area contributed by atoms with Crippen LogP contribution in [0, 0.1) is 0 Å². The number of aromatic nitrogens is 4. The lowest BCUT2D eigenvalue weighted by atomic mass is 10.1. The summed E-state index contributed by atoms with van der Waals surface area (Å²) in [4.78, 5) is 33.1. The zero-order chi connectivity index (χ0) is 20.3. The van der Waals surface area contributed by atoms with E-state index in [1.54, 1.807) is 24.8 Å². The van der Waals surface area contributed by atoms with Gasteiger partial charge < -0.3 is 10.2 Å². The highest BCUT2D eigenvalue weighted by Gasteiger charge is 2.21. The van der Waals surface area contributed by atoms with E-state index in [4.69, 9.17) is 4.98 Å². The maximum absolute atomic E-state index is 13.2. The van der Waals surface area contributed by atoms with Gasteiger partial charge in [0.1, 0.15) is 0 Å². The lowest BCUT2D eigenvalue weighted by molar-refractivity contribution is 0.102. The molecule has 1 aromatic carbocycles. The molecule has 0 atom stereocenters. The fraction of sp³-hybridized carbons (Fsp3) is 0.174. The summed E-state index contributed by atoms with van der Waals surface area (Å²) >= 11 is 0. The van der Waals surface area contributed by atoms with Crippen molar-refractivity contribution in [2.75, 3.05) is 23.3 Å². The van der Waals surface area contributed by atoms with E-state index in [1.807, 2.05) is 42.5 Å². The number of benzene rings is 1. The third-order valence-electron chi connectivity index (χ3n) is 5.24. The Balaban J connectivity index is 1.54. The number of nitrogens with zero attached hydrogens (tertiary/aromatic N) is 5. The van der Waals surface area contributed by atoms with Crippen molar-refractivity contribution in [2.24, 2.45) is 0 Å². The van der Waals surface area contributed by atoms with Crippen molar-refractivity contribution in [3.8, 4) is 11.3 Å². The molecule has 30 heavy (non-hydrogen) atoms. The summed E-state index contributed by atoms with van der Waals surface area (Å²) in [6.07, 6.45) is 8.99. The van der Waals surface area contributed by atoms with Gasteiger partial charge in [-0.05, 0) is 37.1 Å². The molecule has 7 heteroatoms. The van der Waals surface area contributed by atoms with Crippen molar-refractivity contribution in [2.45, 2.75) is 12.8 Å². The van der Waals surface area contributed by atoms with Crippen LogP contribution in [0.1, 0.15) is 23.2 Å². The smallest absolute Gasteiger partial charge is 0.259 e. The van der Waals surface area contributed by atoms with E-state index in [1.165, 1.54) is 0 Å². The van der Waals surface area contributed by atoms with Gasteiger partial charge in [-0.25, -0.2) is 9.97 Å². The first kappa shape index (κ1) is 18.2. The lowest BCUT2D eigenvalue weighted by Crippen LogP contribution is -2.22. The summed E-state index contributed by atoms with van der Waals surface area (Å²) in [5.41, 5.74) is 3.24. The molecule has 1 saturated heterocycles. The largest absolute Gasteiger partial charge is 0.341 e. The van der Waals surface area contributed by atoms with Gasteiger partial charge in [0.2, 0.25) is 5.95 Å². The Morgan fingerprint density at radius 3 is 2.57 bits per heavy atom. The molecule has 4 aromatic rings. The zero-order valence-corrected chi connectivity index (χ0v) is 16.3. The van der Waals surface area contributed by atoms with Gasteiger partial charge in [-0.15, -0.1) is 0 Å². The number of pyridine rings is 2. The Morgan fingerprint density at radius 1 is 0.933 bits per heavy atom. The number of anilines is 2. The van der Waals surface area contributed by atoms with E-state index in [-0.39, 0.29) is 5.91 Å². The molecule has 3 aromatic heterocycles. The molecule has 0 spiro atoms. The maximum atomic E-state index is 13.2. The predicted octanol–water partition coefficient (Wildman–Crippen LogP) is 3.94. The fourth-order valence-electron chi connectivity index (χ4n) is 3.73. The molecule has 0 radical (unpaired) electrons.